The molecule has 7 nitrogen and oxygen atoms in total. The van der Waals surface area contributed by atoms with Gasteiger partial charge in [0.25, 0.3) is 11.4 Å². The first-order valence-electron chi connectivity index (χ1n) is 5.60. The summed E-state index contributed by atoms with van der Waals surface area (Å²) in [6.45, 7) is 1.34. The lowest BCUT2D eigenvalue weighted by atomic mass is 10.3. The highest BCUT2D eigenvalue weighted by Gasteiger charge is 2.22. The smallest absolute Gasteiger partial charge is 0.294 e. The molecule has 0 aliphatic rings. The number of nitro groups is 2. The first-order chi connectivity index (χ1) is 9.88. The third kappa shape index (κ3) is 3.44. The number of carbonyl (C=O) groups excluding carboxylic acids is 1. The highest BCUT2D eigenvalue weighted by Crippen LogP contribution is 2.41. The van der Waals surface area contributed by atoms with E-state index in [1.807, 2.05) is 0 Å². The zero-order valence-corrected chi connectivity index (χ0v) is 12.3. The molecule has 0 saturated carbocycles. The second-order valence-corrected chi connectivity index (χ2v) is 6.34. The van der Waals surface area contributed by atoms with Gasteiger partial charge in [-0.05, 0) is 19.1 Å². The van der Waals surface area contributed by atoms with Crippen molar-refractivity contribution < 1.29 is 14.6 Å². The molecule has 0 saturated heterocycles. The fourth-order valence-corrected chi connectivity index (χ4v) is 3.68. The van der Waals surface area contributed by atoms with Crippen LogP contribution in [0.4, 0.5) is 11.4 Å². The molecule has 2 aromatic rings. The van der Waals surface area contributed by atoms with Crippen molar-refractivity contribution in [2.45, 2.75) is 16.0 Å². The molecule has 0 aliphatic heterocycles. The molecule has 1 aromatic carbocycles. The number of ketones is 1. The van der Waals surface area contributed by atoms with Gasteiger partial charge in [-0.2, -0.15) is 0 Å². The molecule has 0 atom stereocenters. The first kappa shape index (κ1) is 15.1. The van der Waals surface area contributed by atoms with E-state index in [-0.39, 0.29) is 17.2 Å². The number of nitrogens with zero attached hydrogens (tertiary/aromatic N) is 2. The molecule has 0 aliphatic carbocycles. The normalized spacial score (nSPS) is 10.3. The van der Waals surface area contributed by atoms with Crippen LogP contribution < -0.4 is 0 Å². The van der Waals surface area contributed by atoms with E-state index in [1.54, 1.807) is 0 Å². The summed E-state index contributed by atoms with van der Waals surface area (Å²) < 4.78 is 0.374. The van der Waals surface area contributed by atoms with Gasteiger partial charge in [0.2, 0.25) is 0 Å². The van der Waals surface area contributed by atoms with Crippen molar-refractivity contribution in [1.82, 2.24) is 0 Å². The van der Waals surface area contributed by atoms with Gasteiger partial charge in [-0.25, -0.2) is 0 Å². The second-order valence-electron chi connectivity index (χ2n) is 3.95. The number of rotatable bonds is 5. The Morgan fingerprint density at radius 2 is 1.76 bits per heavy atom. The second kappa shape index (κ2) is 6.02. The van der Waals surface area contributed by atoms with Crippen molar-refractivity contribution in [2.75, 3.05) is 0 Å². The fourth-order valence-electron chi connectivity index (χ4n) is 1.48. The van der Waals surface area contributed by atoms with Crippen LogP contribution in [0.1, 0.15) is 16.6 Å². The van der Waals surface area contributed by atoms with Gasteiger partial charge in [0.1, 0.15) is 4.21 Å². The van der Waals surface area contributed by atoms with Gasteiger partial charge in [0, 0.05) is 23.1 Å². The van der Waals surface area contributed by atoms with Crippen molar-refractivity contribution in [1.29, 1.82) is 0 Å². The van der Waals surface area contributed by atoms with E-state index in [9.17, 15) is 25.0 Å². The van der Waals surface area contributed by atoms with Crippen LogP contribution in [-0.2, 0) is 0 Å². The van der Waals surface area contributed by atoms with Crippen LogP contribution in [0.15, 0.2) is 39.4 Å². The third-order valence-electron chi connectivity index (χ3n) is 2.48. The molecule has 0 N–H and O–H groups in total. The predicted molar refractivity (Wildman–Crippen MR) is 78.2 cm³/mol. The van der Waals surface area contributed by atoms with Gasteiger partial charge in [-0.3, -0.25) is 25.0 Å². The van der Waals surface area contributed by atoms with Crippen LogP contribution in [0.2, 0.25) is 0 Å². The van der Waals surface area contributed by atoms with Crippen molar-refractivity contribution in [2.24, 2.45) is 0 Å². The summed E-state index contributed by atoms with van der Waals surface area (Å²) in [6.07, 6.45) is 0. The minimum absolute atomic E-state index is 0.0514. The zero-order chi connectivity index (χ0) is 15.6. The topological polar surface area (TPSA) is 103 Å². The Morgan fingerprint density at radius 3 is 2.24 bits per heavy atom. The van der Waals surface area contributed by atoms with Gasteiger partial charge < -0.3 is 0 Å². The van der Waals surface area contributed by atoms with Crippen LogP contribution in [0.3, 0.4) is 0 Å². The number of non-ortho nitro benzene ring substituents is 1. The molecule has 21 heavy (non-hydrogen) atoms. The molecule has 1 heterocycles. The summed E-state index contributed by atoms with van der Waals surface area (Å²) in [5, 5.41) is 21.6. The van der Waals surface area contributed by atoms with Crippen LogP contribution in [0.25, 0.3) is 0 Å². The molecule has 0 spiro atoms. The minimum Gasteiger partial charge on any atom is -0.294 e. The standard InChI is InChI=1S/C12H8N2O5S2/c1-7(15)11-6-10(14(18)19)12(21-11)20-9-4-2-8(3-5-9)13(16)17/h2-6H,1H3. The molecule has 0 radical (unpaired) electrons. The van der Waals surface area contributed by atoms with Gasteiger partial charge in [-0.1, -0.05) is 11.8 Å². The summed E-state index contributed by atoms with van der Waals surface area (Å²) in [5.74, 6) is -0.237. The monoisotopic (exact) mass is 324 g/mol. The molecule has 108 valence electrons. The van der Waals surface area contributed by atoms with Crippen molar-refractivity contribution in [3.05, 3.63) is 55.4 Å². The molecular weight excluding hydrogens is 316 g/mol. The quantitative estimate of drug-likeness (QED) is 0.469. The third-order valence-corrected chi connectivity index (χ3v) is 4.90. The summed E-state index contributed by atoms with van der Waals surface area (Å²) in [6, 6.07) is 6.93. The molecule has 0 bridgehead atoms. The lowest BCUT2D eigenvalue weighted by Gasteiger charge is -1.98. The molecular formula is C12H8N2O5S2. The maximum absolute atomic E-state index is 11.3. The van der Waals surface area contributed by atoms with Crippen molar-refractivity contribution >= 4 is 40.3 Å². The largest absolute Gasteiger partial charge is 0.294 e. The number of benzene rings is 1. The minimum atomic E-state index is -0.545. The number of thiophene rings is 1. The van der Waals surface area contributed by atoms with E-state index in [4.69, 9.17) is 0 Å². The zero-order valence-electron chi connectivity index (χ0n) is 10.6. The number of Topliss-reactive ketones (excluding diaryl/α,β-unsaturated/α-hetero) is 1. The SMILES string of the molecule is CC(=O)c1cc([N+](=O)[O-])c(Sc2ccc([N+](=O)[O-])cc2)s1. The number of nitro benzene ring substituents is 1. The Balaban J connectivity index is 2.32. The summed E-state index contributed by atoms with van der Waals surface area (Å²) in [4.78, 5) is 32.7. The van der Waals surface area contributed by atoms with E-state index in [0.29, 0.717) is 14.0 Å². The highest BCUT2D eigenvalue weighted by atomic mass is 32.2. The average Bonchev–Trinajstić information content (AvgIpc) is 2.83. The Hall–Kier alpha value is -2.26. The van der Waals surface area contributed by atoms with E-state index in [2.05, 4.69) is 0 Å². The maximum Gasteiger partial charge on any atom is 0.294 e. The number of hydrogen-bond donors (Lipinski definition) is 0. The van der Waals surface area contributed by atoms with Crippen molar-refractivity contribution in [3.8, 4) is 0 Å². The molecule has 1 aromatic heterocycles. The summed E-state index contributed by atoms with van der Waals surface area (Å²) in [7, 11) is 0. The molecule has 0 unspecified atom stereocenters. The average molecular weight is 324 g/mol. The molecule has 9 heteroatoms. The van der Waals surface area contributed by atoms with Crippen LogP contribution >= 0.6 is 23.1 Å². The van der Waals surface area contributed by atoms with E-state index >= 15 is 0 Å². The Bertz CT molecular complexity index is 724. The van der Waals surface area contributed by atoms with Gasteiger partial charge in [-0.15, -0.1) is 11.3 Å². The van der Waals surface area contributed by atoms with E-state index in [1.165, 1.54) is 37.3 Å². The van der Waals surface area contributed by atoms with Crippen molar-refractivity contribution in [3.63, 3.8) is 0 Å². The maximum atomic E-state index is 11.3. The van der Waals surface area contributed by atoms with Gasteiger partial charge in [0.15, 0.2) is 5.78 Å². The lowest BCUT2D eigenvalue weighted by Crippen LogP contribution is -1.88. The van der Waals surface area contributed by atoms with Gasteiger partial charge in [0.05, 0.1) is 14.7 Å². The van der Waals surface area contributed by atoms with Crippen LogP contribution in [0.5, 0.6) is 0 Å². The lowest BCUT2D eigenvalue weighted by molar-refractivity contribution is -0.387. The van der Waals surface area contributed by atoms with Crippen LogP contribution in [0, 0.1) is 20.2 Å². The number of carbonyl (C=O) groups is 1. The Morgan fingerprint density at radius 1 is 1.14 bits per heavy atom. The van der Waals surface area contributed by atoms with E-state index in [0.717, 1.165) is 23.1 Å². The summed E-state index contributed by atoms with van der Waals surface area (Å²) in [5.41, 5.74) is -0.182. The van der Waals surface area contributed by atoms with Gasteiger partial charge >= 0.3 is 0 Å². The molecule has 0 fully saturated rings. The fraction of sp³-hybridized carbons (Fsp3) is 0.0833. The highest BCUT2D eigenvalue weighted by molar-refractivity contribution is 8.01. The predicted octanol–water partition coefficient (Wildman–Crippen LogP) is 3.92. The van der Waals surface area contributed by atoms with E-state index < -0.39 is 9.85 Å². The molecule has 0 amide bonds. The Labute approximate surface area is 126 Å². The first-order valence-corrected chi connectivity index (χ1v) is 7.23. The number of hydrogen-bond acceptors (Lipinski definition) is 7. The van der Waals surface area contributed by atoms with Crippen LogP contribution in [-0.4, -0.2) is 15.6 Å². The molecule has 2 rings (SSSR count). The summed E-state index contributed by atoms with van der Waals surface area (Å²) >= 11 is 2.14. The Kier molecular flexibility index (Phi) is 4.34.